The number of nitrogens with one attached hydrogen (secondary N) is 1. The van der Waals surface area contributed by atoms with Gasteiger partial charge in [0.1, 0.15) is 5.60 Å². The van der Waals surface area contributed by atoms with Gasteiger partial charge in [0.15, 0.2) is 0 Å². The molecule has 0 saturated carbocycles. The average Bonchev–Trinajstić information content (AvgIpc) is 1.94. The van der Waals surface area contributed by atoms with Crippen molar-refractivity contribution in [3.05, 3.63) is 0 Å². The minimum absolute atomic E-state index is 0.269. The maximum absolute atomic E-state index is 11.9. The second kappa shape index (κ2) is 5.38. The van der Waals surface area contributed by atoms with Crippen molar-refractivity contribution in [2.75, 3.05) is 6.54 Å². The number of hydrogen-bond donors (Lipinski definition) is 2. The minimum Gasteiger partial charge on any atom is -0.444 e. The fraction of sp³-hybridized carbons (Fsp3) is 0.889. The standard InChI is InChI=1S/C9H17F3N2O2/c1-8(2,3)16-7(15)14-5-6(13)4-9(10,11)12/h6H,4-5,13H2,1-3H3,(H,14,15)/t6-/m1/s1. The summed E-state index contributed by atoms with van der Waals surface area (Å²) in [7, 11) is 0. The second-order valence-electron chi connectivity index (χ2n) is 4.46. The van der Waals surface area contributed by atoms with Gasteiger partial charge in [0.25, 0.3) is 0 Å². The predicted octanol–water partition coefficient (Wildman–Crippen LogP) is 1.79. The third-order valence-electron chi connectivity index (χ3n) is 1.40. The Hall–Kier alpha value is -0.980. The van der Waals surface area contributed by atoms with Gasteiger partial charge in [0.05, 0.1) is 6.42 Å². The molecular weight excluding hydrogens is 225 g/mol. The number of ether oxygens (including phenoxy) is 1. The van der Waals surface area contributed by atoms with Gasteiger partial charge in [-0.15, -0.1) is 0 Å². The Morgan fingerprint density at radius 3 is 2.25 bits per heavy atom. The van der Waals surface area contributed by atoms with Gasteiger partial charge in [-0.05, 0) is 20.8 Å². The summed E-state index contributed by atoms with van der Waals surface area (Å²) in [5.74, 6) is 0. The monoisotopic (exact) mass is 242 g/mol. The number of alkyl halides is 3. The largest absolute Gasteiger partial charge is 0.444 e. The van der Waals surface area contributed by atoms with Crippen LogP contribution in [0.15, 0.2) is 0 Å². The smallest absolute Gasteiger partial charge is 0.407 e. The van der Waals surface area contributed by atoms with Crippen molar-refractivity contribution in [1.29, 1.82) is 0 Å². The molecule has 0 saturated heterocycles. The third-order valence-corrected chi connectivity index (χ3v) is 1.40. The van der Waals surface area contributed by atoms with Crippen molar-refractivity contribution in [1.82, 2.24) is 5.32 Å². The lowest BCUT2D eigenvalue weighted by molar-refractivity contribution is -0.137. The van der Waals surface area contributed by atoms with Crippen LogP contribution in [0.1, 0.15) is 27.2 Å². The van der Waals surface area contributed by atoms with E-state index in [1.54, 1.807) is 20.8 Å². The molecule has 0 aromatic carbocycles. The number of halogens is 3. The van der Waals surface area contributed by atoms with Gasteiger partial charge in [-0.2, -0.15) is 13.2 Å². The fourth-order valence-electron chi connectivity index (χ4n) is 0.898. The lowest BCUT2D eigenvalue weighted by Crippen LogP contribution is -2.42. The van der Waals surface area contributed by atoms with Crippen molar-refractivity contribution in [2.24, 2.45) is 5.73 Å². The molecule has 0 aliphatic rings. The maximum atomic E-state index is 11.9. The predicted molar refractivity (Wildman–Crippen MR) is 52.9 cm³/mol. The minimum atomic E-state index is -4.32. The number of carbonyl (C=O) groups is 1. The number of rotatable bonds is 3. The first-order valence-corrected chi connectivity index (χ1v) is 4.79. The zero-order valence-electron chi connectivity index (χ0n) is 9.52. The number of alkyl carbamates (subject to hydrolysis) is 1. The van der Waals surface area contributed by atoms with Gasteiger partial charge < -0.3 is 15.8 Å². The molecule has 0 aliphatic heterocycles. The van der Waals surface area contributed by atoms with Crippen LogP contribution in [-0.4, -0.2) is 30.5 Å². The molecule has 0 aromatic heterocycles. The zero-order chi connectivity index (χ0) is 13.0. The van der Waals surface area contributed by atoms with Crippen LogP contribution in [0, 0.1) is 0 Å². The van der Waals surface area contributed by atoms with Crippen molar-refractivity contribution >= 4 is 6.09 Å². The third kappa shape index (κ3) is 9.57. The van der Waals surface area contributed by atoms with Crippen molar-refractivity contribution in [3.63, 3.8) is 0 Å². The number of hydrogen-bond acceptors (Lipinski definition) is 3. The first kappa shape index (κ1) is 15.0. The van der Waals surface area contributed by atoms with Gasteiger partial charge >= 0.3 is 12.3 Å². The number of nitrogens with two attached hydrogens (primary N) is 1. The molecule has 0 aliphatic carbocycles. The Labute approximate surface area is 92.3 Å². The van der Waals surface area contributed by atoms with E-state index in [0.717, 1.165) is 0 Å². The maximum Gasteiger partial charge on any atom is 0.407 e. The molecule has 1 amide bonds. The van der Waals surface area contributed by atoms with E-state index in [9.17, 15) is 18.0 Å². The van der Waals surface area contributed by atoms with Crippen LogP contribution in [0.3, 0.4) is 0 Å². The molecule has 0 rings (SSSR count). The highest BCUT2D eigenvalue weighted by Crippen LogP contribution is 2.20. The van der Waals surface area contributed by atoms with E-state index in [1.165, 1.54) is 0 Å². The molecule has 16 heavy (non-hydrogen) atoms. The Bertz CT molecular complexity index is 236. The molecule has 0 spiro atoms. The molecule has 1 atom stereocenters. The molecule has 0 unspecified atom stereocenters. The highest BCUT2D eigenvalue weighted by molar-refractivity contribution is 5.67. The Morgan fingerprint density at radius 2 is 1.88 bits per heavy atom. The van der Waals surface area contributed by atoms with Crippen LogP contribution < -0.4 is 11.1 Å². The molecule has 0 bridgehead atoms. The molecule has 0 fully saturated rings. The summed E-state index contributed by atoms with van der Waals surface area (Å²) < 4.78 is 40.5. The fourth-order valence-corrected chi connectivity index (χ4v) is 0.898. The summed E-state index contributed by atoms with van der Waals surface area (Å²) >= 11 is 0. The lowest BCUT2D eigenvalue weighted by Gasteiger charge is -2.21. The van der Waals surface area contributed by atoms with Gasteiger partial charge in [-0.3, -0.25) is 0 Å². The van der Waals surface area contributed by atoms with E-state index in [0.29, 0.717) is 0 Å². The average molecular weight is 242 g/mol. The molecule has 0 heterocycles. The zero-order valence-corrected chi connectivity index (χ0v) is 9.52. The lowest BCUT2D eigenvalue weighted by atomic mass is 10.2. The first-order valence-electron chi connectivity index (χ1n) is 4.79. The quantitative estimate of drug-likeness (QED) is 0.793. The normalized spacial score (nSPS) is 14.4. The molecular formula is C9H17F3N2O2. The van der Waals surface area contributed by atoms with Crippen LogP contribution in [0.25, 0.3) is 0 Å². The Balaban J connectivity index is 3.85. The highest BCUT2D eigenvalue weighted by atomic mass is 19.4. The van der Waals surface area contributed by atoms with Crippen LogP contribution in [-0.2, 0) is 4.74 Å². The van der Waals surface area contributed by atoms with E-state index in [-0.39, 0.29) is 6.54 Å². The summed E-state index contributed by atoms with van der Waals surface area (Å²) in [6, 6.07) is -1.16. The van der Waals surface area contributed by atoms with E-state index >= 15 is 0 Å². The summed E-state index contributed by atoms with van der Waals surface area (Å²) in [6.07, 6.45) is -6.23. The van der Waals surface area contributed by atoms with Crippen LogP contribution in [0.5, 0.6) is 0 Å². The van der Waals surface area contributed by atoms with Crippen molar-refractivity contribution < 1.29 is 22.7 Å². The number of amides is 1. The molecule has 4 nitrogen and oxygen atoms in total. The summed E-state index contributed by atoms with van der Waals surface area (Å²) in [5, 5.41) is 2.18. The van der Waals surface area contributed by atoms with E-state index in [4.69, 9.17) is 10.5 Å². The topological polar surface area (TPSA) is 64.3 Å². The Morgan fingerprint density at radius 1 is 1.38 bits per heavy atom. The molecule has 7 heteroatoms. The molecule has 3 N–H and O–H groups in total. The molecule has 0 aromatic rings. The van der Waals surface area contributed by atoms with E-state index in [1.807, 2.05) is 0 Å². The highest BCUT2D eigenvalue weighted by Gasteiger charge is 2.30. The Kier molecular flexibility index (Phi) is 5.05. The van der Waals surface area contributed by atoms with Crippen LogP contribution in [0.2, 0.25) is 0 Å². The van der Waals surface area contributed by atoms with Crippen LogP contribution >= 0.6 is 0 Å². The van der Waals surface area contributed by atoms with Gasteiger partial charge in [-0.1, -0.05) is 0 Å². The summed E-state index contributed by atoms with van der Waals surface area (Å²) in [5.41, 5.74) is 4.50. The van der Waals surface area contributed by atoms with Crippen molar-refractivity contribution in [3.8, 4) is 0 Å². The van der Waals surface area contributed by atoms with Crippen molar-refractivity contribution in [2.45, 2.75) is 45.0 Å². The summed E-state index contributed by atoms with van der Waals surface area (Å²) in [4.78, 5) is 11.1. The molecule has 96 valence electrons. The van der Waals surface area contributed by atoms with E-state index < -0.39 is 30.3 Å². The number of carbonyl (C=O) groups excluding carboxylic acids is 1. The van der Waals surface area contributed by atoms with E-state index in [2.05, 4.69) is 5.32 Å². The summed E-state index contributed by atoms with van der Waals surface area (Å²) in [6.45, 7) is 4.70. The van der Waals surface area contributed by atoms with Gasteiger partial charge in [-0.25, -0.2) is 4.79 Å². The van der Waals surface area contributed by atoms with Gasteiger partial charge in [0.2, 0.25) is 0 Å². The van der Waals surface area contributed by atoms with Crippen LogP contribution in [0.4, 0.5) is 18.0 Å². The SMILES string of the molecule is CC(C)(C)OC(=O)NC[C@H](N)CC(F)(F)F. The van der Waals surface area contributed by atoms with Gasteiger partial charge in [0, 0.05) is 12.6 Å². The first-order chi connectivity index (χ1) is 6.99. The molecule has 0 radical (unpaired) electrons. The second-order valence-corrected chi connectivity index (χ2v) is 4.46.